The van der Waals surface area contributed by atoms with Crippen molar-refractivity contribution in [2.24, 2.45) is 0 Å². The van der Waals surface area contributed by atoms with Gasteiger partial charge in [-0.2, -0.15) is 10.2 Å². The van der Waals surface area contributed by atoms with Crippen molar-refractivity contribution in [3.8, 4) is 17.0 Å². The fraction of sp³-hybridized carbons (Fsp3) is 0.412. The Labute approximate surface area is 157 Å². The van der Waals surface area contributed by atoms with E-state index in [4.69, 9.17) is 4.74 Å². The molecule has 1 aliphatic heterocycles. The largest absolute Gasteiger partial charge is 0.507 e. The zero-order valence-corrected chi connectivity index (χ0v) is 15.2. The van der Waals surface area contributed by atoms with E-state index in [1.54, 1.807) is 13.0 Å². The first-order valence-corrected chi connectivity index (χ1v) is 8.16. The van der Waals surface area contributed by atoms with E-state index in [1.165, 1.54) is 6.07 Å². The molecule has 0 radical (unpaired) electrons. The molecule has 0 unspecified atom stereocenters. The molecule has 3 rings (SSSR count). The summed E-state index contributed by atoms with van der Waals surface area (Å²) in [6, 6.07) is 6.58. The molecule has 0 atom stereocenters. The van der Waals surface area contributed by atoms with Crippen LogP contribution in [0.25, 0.3) is 11.3 Å². The van der Waals surface area contributed by atoms with Crippen molar-refractivity contribution >= 4 is 18.1 Å². The van der Waals surface area contributed by atoms with Crippen LogP contribution in [0.1, 0.15) is 24.1 Å². The van der Waals surface area contributed by atoms with E-state index in [9.17, 15) is 15.2 Å². The van der Waals surface area contributed by atoms with Crippen LogP contribution >= 0.6 is 12.4 Å². The number of phenols is 1. The van der Waals surface area contributed by atoms with Gasteiger partial charge in [0.15, 0.2) is 0 Å². The number of hydrogen-bond acceptors (Lipinski definition) is 7. The van der Waals surface area contributed by atoms with E-state index in [0.717, 1.165) is 37.8 Å². The number of phenolic OH excluding ortho intramolecular Hbond substituents is 1. The van der Waals surface area contributed by atoms with Gasteiger partial charge in [0.05, 0.1) is 22.4 Å². The first kappa shape index (κ1) is 20.0. The van der Waals surface area contributed by atoms with Gasteiger partial charge in [0.2, 0.25) is 0 Å². The predicted octanol–water partition coefficient (Wildman–Crippen LogP) is 2.76. The van der Waals surface area contributed by atoms with E-state index < -0.39 is 4.92 Å². The fourth-order valence-electron chi connectivity index (χ4n) is 2.93. The van der Waals surface area contributed by atoms with Gasteiger partial charge in [-0.3, -0.25) is 10.1 Å². The molecule has 0 aliphatic carbocycles. The quantitative estimate of drug-likeness (QED) is 0.606. The highest BCUT2D eigenvalue weighted by molar-refractivity contribution is 5.85. The number of ether oxygens (including phenoxy) is 1. The van der Waals surface area contributed by atoms with Crippen LogP contribution in [0, 0.1) is 17.0 Å². The third-order valence-electron chi connectivity index (χ3n) is 4.28. The van der Waals surface area contributed by atoms with Crippen molar-refractivity contribution in [1.29, 1.82) is 0 Å². The summed E-state index contributed by atoms with van der Waals surface area (Å²) in [4.78, 5) is 10.3. The Balaban J connectivity index is 0.00000243. The number of rotatable bonds is 5. The summed E-state index contributed by atoms with van der Waals surface area (Å²) in [5.41, 5.74) is 2.18. The maximum Gasteiger partial charge on any atom is 0.273 e. The van der Waals surface area contributed by atoms with E-state index >= 15 is 0 Å². The van der Waals surface area contributed by atoms with E-state index in [1.807, 2.05) is 6.07 Å². The molecule has 140 valence electrons. The first-order chi connectivity index (χ1) is 12.0. The summed E-state index contributed by atoms with van der Waals surface area (Å²) < 4.78 is 5.33. The number of benzene rings is 1. The van der Waals surface area contributed by atoms with E-state index in [0.29, 0.717) is 29.4 Å². The van der Waals surface area contributed by atoms with Crippen LogP contribution in [0.4, 0.5) is 5.69 Å². The highest BCUT2D eigenvalue weighted by Crippen LogP contribution is 2.34. The van der Waals surface area contributed by atoms with Crippen molar-refractivity contribution in [2.45, 2.75) is 32.4 Å². The van der Waals surface area contributed by atoms with Gasteiger partial charge in [-0.25, -0.2) is 0 Å². The van der Waals surface area contributed by atoms with Crippen LogP contribution in [0.3, 0.4) is 0 Å². The van der Waals surface area contributed by atoms with Gasteiger partial charge in [-0.15, -0.1) is 12.4 Å². The number of non-ortho nitro benzene ring substituents is 1. The lowest BCUT2D eigenvalue weighted by atomic mass is 10.0. The highest BCUT2D eigenvalue weighted by Gasteiger charge is 2.17. The second-order valence-electron chi connectivity index (χ2n) is 6.09. The van der Waals surface area contributed by atoms with Gasteiger partial charge >= 0.3 is 0 Å². The minimum absolute atomic E-state index is 0. The van der Waals surface area contributed by atoms with Crippen molar-refractivity contribution in [3.05, 3.63) is 45.6 Å². The molecule has 0 bridgehead atoms. The molecule has 1 fully saturated rings. The molecule has 2 N–H and O–H groups in total. The van der Waals surface area contributed by atoms with Crippen molar-refractivity contribution in [2.75, 3.05) is 13.2 Å². The summed E-state index contributed by atoms with van der Waals surface area (Å²) in [7, 11) is 0. The van der Waals surface area contributed by atoms with Crippen molar-refractivity contribution < 1.29 is 14.8 Å². The molecule has 0 spiro atoms. The van der Waals surface area contributed by atoms with E-state index in [-0.39, 0.29) is 23.8 Å². The molecule has 1 saturated heterocycles. The molecular formula is C17H21ClN4O4. The molecule has 8 nitrogen and oxygen atoms in total. The average Bonchev–Trinajstić information content (AvgIpc) is 2.61. The Morgan fingerprint density at radius 3 is 2.62 bits per heavy atom. The number of aryl methyl sites for hydroxylation is 1. The number of aromatic hydroxyl groups is 1. The molecule has 2 heterocycles. The number of aromatic nitrogens is 2. The first-order valence-electron chi connectivity index (χ1n) is 8.16. The smallest absolute Gasteiger partial charge is 0.273 e. The zero-order chi connectivity index (χ0) is 17.8. The number of nitrogens with zero attached hydrogens (tertiary/aromatic N) is 3. The van der Waals surface area contributed by atoms with Crippen LogP contribution < -0.4 is 5.32 Å². The van der Waals surface area contributed by atoms with Crippen LogP contribution in [0.15, 0.2) is 24.3 Å². The van der Waals surface area contributed by atoms with Gasteiger partial charge < -0.3 is 15.2 Å². The number of halogens is 1. The highest BCUT2D eigenvalue weighted by atomic mass is 35.5. The monoisotopic (exact) mass is 380 g/mol. The Hall–Kier alpha value is -2.29. The maximum absolute atomic E-state index is 10.9. The number of nitro benzene ring substituents is 1. The third-order valence-corrected chi connectivity index (χ3v) is 4.28. The second-order valence-corrected chi connectivity index (χ2v) is 6.09. The van der Waals surface area contributed by atoms with Gasteiger partial charge in [-0.05, 0) is 37.5 Å². The molecule has 1 aromatic heterocycles. The Morgan fingerprint density at radius 2 is 2.04 bits per heavy atom. The molecule has 1 aromatic carbocycles. The van der Waals surface area contributed by atoms with Gasteiger partial charge in [0.25, 0.3) is 5.69 Å². The van der Waals surface area contributed by atoms with Crippen LogP contribution in [-0.2, 0) is 11.3 Å². The topological polar surface area (TPSA) is 110 Å². The minimum Gasteiger partial charge on any atom is -0.507 e. The summed E-state index contributed by atoms with van der Waals surface area (Å²) in [5.74, 6) is -0.172. The van der Waals surface area contributed by atoms with Crippen LogP contribution in [-0.4, -0.2) is 39.5 Å². The van der Waals surface area contributed by atoms with Gasteiger partial charge in [-0.1, -0.05) is 0 Å². The molecule has 2 aromatic rings. The lowest BCUT2D eigenvalue weighted by Crippen LogP contribution is -2.34. The fourth-order valence-corrected chi connectivity index (χ4v) is 2.93. The van der Waals surface area contributed by atoms with Crippen LogP contribution in [0.2, 0.25) is 0 Å². The molecule has 26 heavy (non-hydrogen) atoms. The summed E-state index contributed by atoms with van der Waals surface area (Å²) in [6.07, 6.45) is 1.97. The molecule has 1 aliphatic rings. The molecular weight excluding hydrogens is 360 g/mol. The van der Waals surface area contributed by atoms with Crippen LogP contribution in [0.5, 0.6) is 5.75 Å². The molecule has 9 heteroatoms. The normalized spacial score (nSPS) is 14.7. The second kappa shape index (κ2) is 8.88. The Bertz CT molecular complexity index is 741. The Morgan fingerprint density at radius 1 is 1.31 bits per heavy atom. The number of nitrogens with one attached hydrogen (secondary N) is 1. The lowest BCUT2D eigenvalue weighted by Gasteiger charge is -2.22. The standard InChI is InChI=1S/C17H20N4O4.ClH/c1-11-8-14(21(23)24)9-16(22)17(11)15-3-2-13(19-20-15)10-18-12-4-6-25-7-5-12;/h2-3,8-9,12,18,22H,4-7,10H2,1H3;1H. The molecule has 0 saturated carbocycles. The minimum atomic E-state index is -0.534. The number of nitro groups is 1. The third kappa shape index (κ3) is 4.66. The van der Waals surface area contributed by atoms with Crippen molar-refractivity contribution in [1.82, 2.24) is 15.5 Å². The molecule has 0 amide bonds. The summed E-state index contributed by atoms with van der Waals surface area (Å²) in [5, 5.41) is 32.8. The number of hydrogen-bond donors (Lipinski definition) is 2. The maximum atomic E-state index is 10.9. The summed E-state index contributed by atoms with van der Waals surface area (Å²) in [6.45, 7) is 3.87. The van der Waals surface area contributed by atoms with Gasteiger partial charge in [0.1, 0.15) is 5.75 Å². The van der Waals surface area contributed by atoms with Gasteiger partial charge in [0, 0.05) is 37.4 Å². The lowest BCUT2D eigenvalue weighted by molar-refractivity contribution is -0.385. The van der Waals surface area contributed by atoms with E-state index in [2.05, 4.69) is 15.5 Å². The SMILES string of the molecule is Cc1cc([N+](=O)[O-])cc(O)c1-c1ccc(CNC2CCOCC2)nn1.Cl. The average molecular weight is 381 g/mol. The predicted molar refractivity (Wildman–Crippen MR) is 98.5 cm³/mol. The van der Waals surface area contributed by atoms with Crippen molar-refractivity contribution in [3.63, 3.8) is 0 Å². The zero-order valence-electron chi connectivity index (χ0n) is 14.3. The summed E-state index contributed by atoms with van der Waals surface area (Å²) >= 11 is 0. The Kier molecular flexibility index (Phi) is 6.84.